The topological polar surface area (TPSA) is 91.2 Å². The minimum absolute atomic E-state index is 0.0383. The van der Waals surface area contributed by atoms with Crippen LogP contribution in [0.2, 0.25) is 0 Å². The Morgan fingerprint density at radius 3 is 2.56 bits per heavy atom. The van der Waals surface area contributed by atoms with Crippen LogP contribution in [0.5, 0.6) is 17.2 Å². The van der Waals surface area contributed by atoms with Crippen molar-refractivity contribution in [1.82, 2.24) is 5.43 Å². The van der Waals surface area contributed by atoms with E-state index < -0.39 is 5.91 Å². The monoisotopic (exact) mass is 406 g/mol. The Morgan fingerprint density at radius 1 is 1.20 bits per heavy atom. The number of halogens is 1. The molecule has 2 aromatic rings. The lowest BCUT2D eigenvalue weighted by atomic mass is 10.1. The standard InChI is InChI=1S/C18H19BrN2O4/c1-10-4-12(3)18(15(19)5-10)25-9-17(24)21-20-8-14-11(2)6-13(22)7-16(14)23/h4-8,22-23H,9H2,1-3H3,(H,21,24)/b20-8+. The Labute approximate surface area is 154 Å². The number of carbonyl (C=O) groups is 1. The summed E-state index contributed by atoms with van der Waals surface area (Å²) in [5, 5.41) is 23.0. The number of nitrogens with one attached hydrogen (secondary N) is 1. The molecule has 0 saturated carbocycles. The minimum Gasteiger partial charge on any atom is -0.508 e. The number of ether oxygens (including phenoxy) is 1. The molecule has 6 nitrogen and oxygen atoms in total. The molecule has 2 aromatic carbocycles. The van der Waals surface area contributed by atoms with Gasteiger partial charge in [-0.25, -0.2) is 5.43 Å². The molecule has 3 N–H and O–H groups in total. The van der Waals surface area contributed by atoms with Crippen molar-refractivity contribution < 1.29 is 19.7 Å². The van der Waals surface area contributed by atoms with Crippen LogP contribution in [0.1, 0.15) is 22.3 Å². The summed E-state index contributed by atoms with van der Waals surface area (Å²) in [5.74, 6) is 0.0189. The van der Waals surface area contributed by atoms with Crippen molar-refractivity contribution in [2.24, 2.45) is 5.10 Å². The number of carbonyl (C=O) groups excluding carboxylic acids is 1. The van der Waals surface area contributed by atoms with E-state index in [0.29, 0.717) is 16.9 Å². The molecule has 0 aliphatic rings. The van der Waals surface area contributed by atoms with Gasteiger partial charge >= 0.3 is 0 Å². The number of hydrazone groups is 1. The number of benzene rings is 2. The largest absolute Gasteiger partial charge is 0.508 e. The molecule has 0 spiro atoms. The quantitative estimate of drug-likeness (QED) is 0.524. The smallest absolute Gasteiger partial charge is 0.277 e. The Bertz CT molecular complexity index is 788. The molecule has 25 heavy (non-hydrogen) atoms. The van der Waals surface area contributed by atoms with Crippen molar-refractivity contribution in [3.05, 3.63) is 51.0 Å². The van der Waals surface area contributed by atoms with E-state index in [9.17, 15) is 15.0 Å². The minimum atomic E-state index is -0.431. The molecule has 2 rings (SSSR count). The van der Waals surface area contributed by atoms with Crippen LogP contribution in [0.25, 0.3) is 0 Å². The van der Waals surface area contributed by atoms with Gasteiger partial charge in [0, 0.05) is 11.6 Å². The lowest BCUT2D eigenvalue weighted by Gasteiger charge is -2.11. The molecule has 0 fully saturated rings. The molecule has 0 saturated heterocycles. The van der Waals surface area contributed by atoms with E-state index >= 15 is 0 Å². The van der Waals surface area contributed by atoms with Gasteiger partial charge in [0.25, 0.3) is 5.91 Å². The van der Waals surface area contributed by atoms with E-state index in [4.69, 9.17) is 4.74 Å². The van der Waals surface area contributed by atoms with Crippen LogP contribution < -0.4 is 10.2 Å². The van der Waals surface area contributed by atoms with Crippen molar-refractivity contribution >= 4 is 28.1 Å². The molecule has 0 aliphatic carbocycles. The number of hydrogen-bond acceptors (Lipinski definition) is 5. The second-order valence-corrected chi connectivity index (χ2v) is 6.52. The highest BCUT2D eigenvalue weighted by Gasteiger charge is 2.09. The van der Waals surface area contributed by atoms with E-state index in [1.807, 2.05) is 26.0 Å². The molecule has 132 valence electrons. The van der Waals surface area contributed by atoms with E-state index in [0.717, 1.165) is 15.6 Å². The van der Waals surface area contributed by atoms with Crippen LogP contribution in [-0.4, -0.2) is 28.9 Å². The summed E-state index contributed by atoms with van der Waals surface area (Å²) >= 11 is 3.42. The average molecular weight is 407 g/mol. The third-order valence-electron chi connectivity index (χ3n) is 3.45. The SMILES string of the molecule is Cc1cc(C)c(OCC(=O)N/N=C/c2c(C)cc(O)cc2O)c(Br)c1. The normalized spacial score (nSPS) is 10.9. The van der Waals surface area contributed by atoms with E-state index in [1.165, 1.54) is 18.3 Å². The molecule has 0 unspecified atom stereocenters. The van der Waals surface area contributed by atoms with Gasteiger partial charge < -0.3 is 14.9 Å². The van der Waals surface area contributed by atoms with Crippen LogP contribution in [-0.2, 0) is 4.79 Å². The Kier molecular flexibility index (Phi) is 6.03. The molecule has 0 bridgehead atoms. The van der Waals surface area contributed by atoms with Gasteiger partial charge in [-0.05, 0) is 65.5 Å². The van der Waals surface area contributed by atoms with Gasteiger partial charge in [-0.15, -0.1) is 0 Å². The van der Waals surface area contributed by atoms with Gasteiger partial charge in [0.05, 0.1) is 10.7 Å². The fraction of sp³-hybridized carbons (Fsp3) is 0.222. The van der Waals surface area contributed by atoms with Crippen LogP contribution in [0, 0.1) is 20.8 Å². The van der Waals surface area contributed by atoms with Crippen molar-refractivity contribution in [3.63, 3.8) is 0 Å². The van der Waals surface area contributed by atoms with Crippen LogP contribution in [0.4, 0.5) is 0 Å². The van der Waals surface area contributed by atoms with Crippen molar-refractivity contribution in [1.29, 1.82) is 0 Å². The Balaban J connectivity index is 1.96. The summed E-state index contributed by atoms with van der Waals surface area (Å²) in [5.41, 5.74) is 5.40. The molecule has 0 atom stereocenters. The van der Waals surface area contributed by atoms with Gasteiger partial charge in [-0.2, -0.15) is 5.10 Å². The number of aryl methyl sites for hydroxylation is 3. The van der Waals surface area contributed by atoms with Crippen LogP contribution in [0.3, 0.4) is 0 Å². The molecule has 0 heterocycles. The zero-order chi connectivity index (χ0) is 18.6. The highest BCUT2D eigenvalue weighted by atomic mass is 79.9. The van der Waals surface area contributed by atoms with Crippen LogP contribution in [0.15, 0.2) is 33.8 Å². The molecule has 0 radical (unpaired) electrons. The number of phenolic OH excluding ortho intramolecular Hbond substituents is 2. The van der Waals surface area contributed by atoms with Gasteiger partial charge in [0.1, 0.15) is 17.2 Å². The maximum absolute atomic E-state index is 11.9. The van der Waals surface area contributed by atoms with Crippen LogP contribution >= 0.6 is 15.9 Å². The summed E-state index contributed by atoms with van der Waals surface area (Å²) in [4.78, 5) is 11.9. The number of hydrogen-bond donors (Lipinski definition) is 3. The number of nitrogens with zero attached hydrogens (tertiary/aromatic N) is 1. The molecule has 7 heteroatoms. The lowest BCUT2D eigenvalue weighted by molar-refractivity contribution is -0.123. The Morgan fingerprint density at radius 2 is 1.92 bits per heavy atom. The summed E-state index contributed by atoms with van der Waals surface area (Å²) < 4.78 is 6.32. The first kappa shape index (κ1) is 18.8. The van der Waals surface area contributed by atoms with E-state index in [1.54, 1.807) is 6.92 Å². The number of rotatable bonds is 5. The zero-order valence-electron chi connectivity index (χ0n) is 14.1. The third-order valence-corrected chi connectivity index (χ3v) is 4.04. The number of aromatic hydroxyl groups is 2. The van der Waals surface area contributed by atoms with Gasteiger partial charge in [-0.3, -0.25) is 4.79 Å². The first-order valence-electron chi connectivity index (χ1n) is 7.52. The number of amides is 1. The zero-order valence-corrected chi connectivity index (χ0v) is 15.7. The first-order chi connectivity index (χ1) is 11.8. The molecule has 0 aromatic heterocycles. The highest BCUT2D eigenvalue weighted by molar-refractivity contribution is 9.10. The average Bonchev–Trinajstić information content (AvgIpc) is 2.48. The second kappa shape index (κ2) is 8.02. The summed E-state index contributed by atoms with van der Waals surface area (Å²) in [6.07, 6.45) is 1.31. The van der Waals surface area contributed by atoms with Crippen molar-refractivity contribution in [2.75, 3.05) is 6.61 Å². The molecule has 0 aliphatic heterocycles. The van der Waals surface area contributed by atoms with Gasteiger partial charge in [0.15, 0.2) is 6.61 Å². The van der Waals surface area contributed by atoms with E-state index in [-0.39, 0.29) is 18.1 Å². The van der Waals surface area contributed by atoms with E-state index in [2.05, 4.69) is 26.5 Å². The fourth-order valence-corrected chi connectivity index (χ4v) is 3.14. The predicted octanol–water partition coefficient (Wildman–Crippen LogP) is 3.31. The lowest BCUT2D eigenvalue weighted by Crippen LogP contribution is -2.25. The summed E-state index contributed by atoms with van der Waals surface area (Å²) in [7, 11) is 0. The molecular weight excluding hydrogens is 388 g/mol. The van der Waals surface area contributed by atoms with Crippen molar-refractivity contribution in [3.8, 4) is 17.2 Å². The number of phenols is 2. The highest BCUT2D eigenvalue weighted by Crippen LogP contribution is 2.30. The fourth-order valence-electron chi connectivity index (χ4n) is 2.35. The Hall–Kier alpha value is -2.54. The predicted molar refractivity (Wildman–Crippen MR) is 99.4 cm³/mol. The van der Waals surface area contributed by atoms with Crippen molar-refractivity contribution in [2.45, 2.75) is 20.8 Å². The molecule has 1 amide bonds. The van der Waals surface area contributed by atoms with Gasteiger partial charge in [-0.1, -0.05) is 6.07 Å². The molecular formula is C18H19BrN2O4. The first-order valence-corrected chi connectivity index (χ1v) is 8.31. The summed E-state index contributed by atoms with van der Waals surface area (Å²) in [6.45, 7) is 5.40. The maximum Gasteiger partial charge on any atom is 0.277 e. The summed E-state index contributed by atoms with van der Waals surface area (Å²) in [6, 6.07) is 6.57. The third kappa shape index (κ3) is 4.96. The van der Waals surface area contributed by atoms with Gasteiger partial charge in [0.2, 0.25) is 0 Å². The maximum atomic E-state index is 11.9. The second-order valence-electron chi connectivity index (χ2n) is 5.67.